The Morgan fingerprint density at radius 2 is 2.00 bits per heavy atom. The lowest BCUT2D eigenvalue weighted by Crippen LogP contribution is -2.20. The molecule has 0 saturated carbocycles. The van der Waals surface area contributed by atoms with Crippen molar-refractivity contribution in [3.8, 4) is 0 Å². The van der Waals surface area contributed by atoms with Crippen molar-refractivity contribution in [2.24, 2.45) is 0 Å². The van der Waals surface area contributed by atoms with E-state index in [4.69, 9.17) is 0 Å². The van der Waals surface area contributed by atoms with Gasteiger partial charge in [-0.05, 0) is 36.2 Å². The first-order valence-electron chi connectivity index (χ1n) is 6.49. The van der Waals surface area contributed by atoms with Crippen LogP contribution in [0.3, 0.4) is 0 Å². The summed E-state index contributed by atoms with van der Waals surface area (Å²) in [6.07, 6.45) is 6.32. The Bertz CT molecular complexity index is 554. The highest BCUT2D eigenvalue weighted by Gasteiger charge is 2.03. The fourth-order valence-electron chi connectivity index (χ4n) is 1.84. The van der Waals surface area contributed by atoms with Gasteiger partial charge in [-0.15, -0.1) is 0 Å². The van der Waals surface area contributed by atoms with E-state index in [9.17, 15) is 4.79 Å². The minimum absolute atomic E-state index is 0.115. The Kier molecular flexibility index (Phi) is 4.65. The van der Waals surface area contributed by atoms with E-state index in [1.165, 1.54) is 12.5 Å². The molecule has 0 fully saturated rings. The second kappa shape index (κ2) is 6.65. The van der Waals surface area contributed by atoms with Gasteiger partial charge < -0.3 is 10.2 Å². The van der Waals surface area contributed by atoms with Crippen LogP contribution in [0.2, 0.25) is 0 Å². The number of amides is 1. The second-order valence-corrected chi connectivity index (χ2v) is 4.61. The molecular formula is C15H18N4O. The Balaban J connectivity index is 1.92. The first kappa shape index (κ1) is 14.0. The van der Waals surface area contributed by atoms with E-state index in [-0.39, 0.29) is 5.91 Å². The van der Waals surface area contributed by atoms with Crippen LogP contribution in [0.15, 0.2) is 42.9 Å². The average Bonchev–Trinajstić information content (AvgIpc) is 2.46. The molecule has 2 heterocycles. The Hall–Kier alpha value is -2.43. The molecule has 2 aromatic heterocycles. The lowest BCUT2D eigenvalue weighted by Gasteiger charge is -2.19. The minimum Gasteiger partial charge on any atom is -0.373 e. The van der Waals surface area contributed by atoms with Gasteiger partial charge in [-0.2, -0.15) is 0 Å². The summed E-state index contributed by atoms with van der Waals surface area (Å²) in [5.74, 6) is 0.458. The second-order valence-electron chi connectivity index (χ2n) is 4.61. The maximum Gasteiger partial charge on any atom is 0.222 e. The number of pyridine rings is 2. The highest BCUT2D eigenvalue weighted by molar-refractivity contribution is 5.87. The number of hydrogen-bond donors (Lipinski definition) is 1. The molecule has 0 aliphatic rings. The summed E-state index contributed by atoms with van der Waals surface area (Å²) in [5, 5.41) is 2.65. The van der Waals surface area contributed by atoms with Gasteiger partial charge in [0.15, 0.2) is 0 Å². The summed E-state index contributed by atoms with van der Waals surface area (Å²) in [4.78, 5) is 21.3. The number of likely N-dealkylation sites (N-methyl/N-ethyl adjacent to an activating group) is 1. The van der Waals surface area contributed by atoms with Gasteiger partial charge >= 0.3 is 0 Å². The van der Waals surface area contributed by atoms with E-state index in [1.54, 1.807) is 24.7 Å². The van der Waals surface area contributed by atoms with E-state index in [1.807, 2.05) is 25.2 Å². The zero-order chi connectivity index (χ0) is 14.4. The third kappa shape index (κ3) is 4.05. The maximum atomic E-state index is 10.9. The summed E-state index contributed by atoms with van der Waals surface area (Å²) >= 11 is 0. The number of hydrogen-bond acceptors (Lipinski definition) is 4. The van der Waals surface area contributed by atoms with Crippen molar-refractivity contribution >= 4 is 17.4 Å². The number of aromatic nitrogens is 2. The van der Waals surface area contributed by atoms with Crippen LogP contribution < -0.4 is 10.2 Å². The molecule has 2 aromatic rings. The summed E-state index contributed by atoms with van der Waals surface area (Å²) in [5.41, 5.74) is 2.28. The van der Waals surface area contributed by atoms with E-state index in [2.05, 4.69) is 20.2 Å². The van der Waals surface area contributed by atoms with Gasteiger partial charge in [0.2, 0.25) is 5.91 Å². The number of carbonyl (C=O) groups is 1. The zero-order valence-electron chi connectivity index (χ0n) is 11.7. The molecule has 5 nitrogen and oxygen atoms in total. The molecule has 1 amide bonds. The van der Waals surface area contributed by atoms with Crippen LogP contribution in [0.1, 0.15) is 12.5 Å². The monoisotopic (exact) mass is 270 g/mol. The Labute approximate surface area is 118 Å². The van der Waals surface area contributed by atoms with E-state index in [0.29, 0.717) is 5.82 Å². The quantitative estimate of drug-likeness (QED) is 0.904. The van der Waals surface area contributed by atoms with Crippen LogP contribution in [0.25, 0.3) is 0 Å². The fourth-order valence-corrected chi connectivity index (χ4v) is 1.84. The third-order valence-corrected chi connectivity index (χ3v) is 2.98. The Morgan fingerprint density at radius 3 is 2.60 bits per heavy atom. The van der Waals surface area contributed by atoms with Crippen molar-refractivity contribution in [1.82, 2.24) is 9.97 Å². The molecule has 0 unspecified atom stereocenters. The van der Waals surface area contributed by atoms with Crippen LogP contribution in [-0.4, -0.2) is 29.5 Å². The average molecular weight is 270 g/mol. The smallest absolute Gasteiger partial charge is 0.222 e. The molecule has 0 aliphatic carbocycles. The minimum atomic E-state index is -0.115. The largest absolute Gasteiger partial charge is 0.373 e. The first-order chi connectivity index (χ1) is 9.65. The Morgan fingerprint density at radius 1 is 1.25 bits per heavy atom. The van der Waals surface area contributed by atoms with Crippen molar-refractivity contribution in [3.05, 3.63) is 48.4 Å². The molecule has 5 heteroatoms. The summed E-state index contributed by atoms with van der Waals surface area (Å²) < 4.78 is 0. The molecule has 0 radical (unpaired) electrons. The highest BCUT2D eigenvalue weighted by Crippen LogP contribution is 2.14. The van der Waals surface area contributed by atoms with Crippen molar-refractivity contribution in [3.63, 3.8) is 0 Å². The molecular weight excluding hydrogens is 252 g/mol. The van der Waals surface area contributed by atoms with Gasteiger partial charge in [-0.3, -0.25) is 9.78 Å². The molecule has 20 heavy (non-hydrogen) atoms. The number of rotatable bonds is 5. The fraction of sp³-hybridized carbons (Fsp3) is 0.267. The standard InChI is InChI=1S/C15H18N4O/c1-12(20)18-15-4-3-14(11-17-15)19(2)10-7-13-5-8-16-9-6-13/h3-6,8-9,11H,7,10H2,1-2H3,(H,17,18,20). The van der Waals surface area contributed by atoms with Crippen molar-refractivity contribution < 1.29 is 4.79 Å². The predicted molar refractivity (Wildman–Crippen MR) is 79.8 cm³/mol. The van der Waals surface area contributed by atoms with Crippen LogP contribution in [0.5, 0.6) is 0 Å². The number of nitrogens with zero attached hydrogens (tertiary/aromatic N) is 3. The van der Waals surface area contributed by atoms with E-state index < -0.39 is 0 Å². The first-order valence-corrected chi connectivity index (χ1v) is 6.49. The predicted octanol–water partition coefficient (Wildman–Crippen LogP) is 2.11. The van der Waals surface area contributed by atoms with E-state index in [0.717, 1.165) is 18.7 Å². The normalized spacial score (nSPS) is 10.1. The summed E-state index contributed by atoms with van der Waals surface area (Å²) in [6, 6.07) is 7.79. The highest BCUT2D eigenvalue weighted by atomic mass is 16.1. The summed E-state index contributed by atoms with van der Waals surface area (Å²) in [6.45, 7) is 2.36. The molecule has 0 bridgehead atoms. The van der Waals surface area contributed by atoms with Gasteiger partial charge in [0.1, 0.15) is 5.82 Å². The third-order valence-electron chi connectivity index (χ3n) is 2.98. The van der Waals surface area contributed by atoms with E-state index >= 15 is 0 Å². The van der Waals surface area contributed by atoms with Crippen LogP contribution in [0.4, 0.5) is 11.5 Å². The molecule has 1 N–H and O–H groups in total. The van der Waals surface area contributed by atoms with Gasteiger partial charge in [-0.25, -0.2) is 4.98 Å². The molecule has 104 valence electrons. The molecule has 0 saturated heterocycles. The zero-order valence-corrected chi connectivity index (χ0v) is 11.7. The van der Waals surface area contributed by atoms with Crippen LogP contribution in [-0.2, 0) is 11.2 Å². The van der Waals surface area contributed by atoms with Crippen LogP contribution in [0, 0.1) is 0 Å². The molecule has 0 spiro atoms. The number of nitrogens with one attached hydrogen (secondary N) is 1. The van der Waals surface area contributed by atoms with Crippen molar-refractivity contribution in [2.75, 3.05) is 23.8 Å². The van der Waals surface area contributed by atoms with Crippen LogP contribution >= 0.6 is 0 Å². The SMILES string of the molecule is CC(=O)Nc1ccc(N(C)CCc2ccncc2)cn1. The lowest BCUT2D eigenvalue weighted by atomic mass is 10.2. The molecule has 0 aromatic carbocycles. The number of anilines is 2. The number of carbonyl (C=O) groups excluding carboxylic acids is 1. The van der Waals surface area contributed by atoms with Gasteiger partial charge in [0.05, 0.1) is 11.9 Å². The summed E-state index contributed by atoms with van der Waals surface area (Å²) in [7, 11) is 2.02. The molecule has 2 rings (SSSR count). The lowest BCUT2D eigenvalue weighted by molar-refractivity contribution is -0.114. The topological polar surface area (TPSA) is 58.1 Å². The molecule has 0 atom stereocenters. The maximum absolute atomic E-state index is 10.9. The van der Waals surface area contributed by atoms with Crippen molar-refractivity contribution in [2.45, 2.75) is 13.3 Å². The van der Waals surface area contributed by atoms with Gasteiger partial charge in [0.25, 0.3) is 0 Å². The van der Waals surface area contributed by atoms with Crippen molar-refractivity contribution in [1.29, 1.82) is 0 Å². The molecule has 0 aliphatic heterocycles. The van der Waals surface area contributed by atoms with Gasteiger partial charge in [-0.1, -0.05) is 0 Å². The van der Waals surface area contributed by atoms with Gasteiger partial charge in [0, 0.05) is 32.9 Å².